The Balaban J connectivity index is 2.31. The predicted molar refractivity (Wildman–Crippen MR) is 101 cm³/mol. The van der Waals surface area contributed by atoms with Gasteiger partial charge >= 0.3 is 11.6 Å². The van der Waals surface area contributed by atoms with Gasteiger partial charge in [-0.3, -0.25) is 14.6 Å². The smallest absolute Gasteiger partial charge is 0.349 e. The number of hydrogen-bond acceptors (Lipinski definition) is 7. The maximum absolute atomic E-state index is 12.1. The Morgan fingerprint density at radius 1 is 1.22 bits per heavy atom. The number of nitrogen functional groups attached to an aromatic ring is 1. The van der Waals surface area contributed by atoms with Crippen molar-refractivity contribution in [3.8, 4) is 23.3 Å². The monoisotopic (exact) mass is 373 g/mol. The van der Waals surface area contributed by atoms with E-state index in [-0.39, 0.29) is 11.5 Å². The molecule has 10 nitrogen and oxygen atoms in total. The molecule has 0 aliphatic carbocycles. The van der Waals surface area contributed by atoms with Crippen LogP contribution in [0.2, 0.25) is 0 Å². The Hall–Kier alpha value is -3.87. The zero-order chi connectivity index (χ0) is 20.1. The summed E-state index contributed by atoms with van der Waals surface area (Å²) in [6.07, 6.45) is 0. The van der Waals surface area contributed by atoms with Gasteiger partial charge in [0.1, 0.15) is 0 Å². The number of nitrogens with two attached hydrogens (primary N) is 1. The van der Waals surface area contributed by atoms with Crippen LogP contribution in [0.3, 0.4) is 0 Å². The van der Waals surface area contributed by atoms with Crippen molar-refractivity contribution in [2.75, 3.05) is 44.4 Å². The van der Waals surface area contributed by atoms with Crippen molar-refractivity contribution < 1.29 is 14.3 Å². The topological polar surface area (TPSA) is 132 Å². The highest BCUT2D eigenvalue weighted by molar-refractivity contribution is 6.05. The minimum Gasteiger partial charge on any atom is -0.493 e. The highest BCUT2D eigenvalue weighted by atomic mass is 16.5. The highest BCUT2D eigenvalue weighted by Gasteiger charge is 2.15. The van der Waals surface area contributed by atoms with Gasteiger partial charge in [0, 0.05) is 25.6 Å². The fourth-order valence-corrected chi connectivity index (χ4v) is 2.25. The number of benzene rings is 1. The van der Waals surface area contributed by atoms with Gasteiger partial charge in [0.15, 0.2) is 23.0 Å². The van der Waals surface area contributed by atoms with E-state index in [1.165, 1.54) is 19.2 Å². The number of anilines is 2. The summed E-state index contributed by atoms with van der Waals surface area (Å²) in [4.78, 5) is 37.9. The van der Waals surface area contributed by atoms with Crippen molar-refractivity contribution in [3.05, 3.63) is 44.6 Å². The maximum Gasteiger partial charge on any atom is 0.349 e. The first kappa shape index (κ1) is 19.5. The SMILES string of the molecule is COc1ccc(C#CC(=O)Nc2c(N)n(N(C)C)c(=O)[nH]c2=O)cc1OC. The lowest BCUT2D eigenvalue weighted by Gasteiger charge is -2.19. The normalized spacial score (nSPS) is 9.78. The third-order valence-electron chi connectivity index (χ3n) is 3.47. The van der Waals surface area contributed by atoms with Crippen LogP contribution in [0.5, 0.6) is 11.5 Å². The number of aromatic amines is 1. The Morgan fingerprint density at radius 2 is 1.89 bits per heavy atom. The summed E-state index contributed by atoms with van der Waals surface area (Å²) in [5.41, 5.74) is 4.51. The number of carbonyl (C=O) groups is 1. The van der Waals surface area contributed by atoms with Crippen LogP contribution >= 0.6 is 0 Å². The van der Waals surface area contributed by atoms with E-state index in [0.29, 0.717) is 17.1 Å². The first-order valence-corrected chi connectivity index (χ1v) is 7.66. The molecule has 1 aromatic carbocycles. The molecule has 0 bridgehead atoms. The lowest BCUT2D eigenvalue weighted by Crippen LogP contribution is -2.43. The van der Waals surface area contributed by atoms with Gasteiger partial charge in [0.2, 0.25) is 0 Å². The molecule has 0 saturated heterocycles. The second kappa shape index (κ2) is 8.01. The number of carbonyl (C=O) groups excluding carboxylic acids is 1. The minimum atomic E-state index is -0.822. The molecule has 0 atom stereocenters. The van der Waals surface area contributed by atoms with Crippen LogP contribution in [0.1, 0.15) is 5.56 Å². The van der Waals surface area contributed by atoms with Crippen LogP contribution in [-0.4, -0.2) is 43.9 Å². The molecule has 142 valence electrons. The molecule has 0 aliphatic heterocycles. The van der Waals surface area contributed by atoms with Crippen molar-refractivity contribution in [2.45, 2.75) is 0 Å². The van der Waals surface area contributed by atoms with Crippen LogP contribution in [0, 0.1) is 11.8 Å². The van der Waals surface area contributed by atoms with E-state index in [4.69, 9.17) is 15.2 Å². The van der Waals surface area contributed by atoms with Crippen LogP contribution < -0.4 is 36.8 Å². The van der Waals surface area contributed by atoms with Gasteiger partial charge in [-0.2, -0.15) is 4.68 Å². The molecule has 0 radical (unpaired) electrons. The number of nitrogens with zero attached hydrogens (tertiary/aromatic N) is 2. The Kier molecular flexibility index (Phi) is 5.77. The summed E-state index contributed by atoms with van der Waals surface area (Å²) >= 11 is 0. The van der Waals surface area contributed by atoms with E-state index >= 15 is 0 Å². The van der Waals surface area contributed by atoms with Crippen LogP contribution in [-0.2, 0) is 4.79 Å². The quantitative estimate of drug-likeness (QED) is 0.605. The fourth-order valence-electron chi connectivity index (χ4n) is 2.25. The summed E-state index contributed by atoms with van der Waals surface area (Å²) < 4.78 is 11.3. The van der Waals surface area contributed by atoms with Crippen molar-refractivity contribution in [3.63, 3.8) is 0 Å². The van der Waals surface area contributed by atoms with Crippen LogP contribution in [0.15, 0.2) is 27.8 Å². The molecule has 0 saturated carbocycles. The van der Waals surface area contributed by atoms with Crippen molar-refractivity contribution in [1.82, 2.24) is 9.66 Å². The fraction of sp³-hybridized carbons (Fsp3) is 0.235. The Morgan fingerprint density at radius 3 is 2.48 bits per heavy atom. The standard InChI is InChI=1S/C17H19N5O5/c1-21(2)22-15(18)14(16(24)20-17(22)25)19-13(23)8-6-10-5-7-11(26-3)12(9-10)27-4/h5,7,9H,18H2,1-4H3,(H,19,23)(H,20,24,25). The number of nitrogens with one attached hydrogen (secondary N) is 2. The van der Waals surface area contributed by atoms with Gasteiger partial charge < -0.3 is 25.5 Å². The largest absolute Gasteiger partial charge is 0.493 e. The molecule has 1 amide bonds. The van der Waals surface area contributed by atoms with Crippen molar-refractivity contribution in [1.29, 1.82) is 0 Å². The second-order valence-corrected chi connectivity index (χ2v) is 5.45. The average Bonchev–Trinajstić information content (AvgIpc) is 2.62. The van der Waals surface area contributed by atoms with E-state index in [9.17, 15) is 14.4 Å². The van der Waals surface area contributed by atoms with Crippen molar-refractivity contribution in [2.24, 2.45) is 0 Å². The number of H-pyrrole nitrogens is 1. The molecule has 0 spiro atoms. The zero-order valence-corrected chi connectivity index (χ0v) is 15.2. The maximum atomic E-state index is 12.1. The van der Waals surface area contributed by atoms with Gasteiger partial charge in [-0.1, -0.05) is 5.92 Å². The molecule has 2 aromatic rings. The van der Waals surface area contributed by atoms with E-state index in [0.717, 1.165) is 4.68 Å². The van der Waals surface area contributed by atoms with Gasteiger partial charge in [0.25, 0.3) is 5.56 Å². The molecule has 4 N–H and O–H groups in total. The Bertz CT molecular complexity index is 1040. The van der Waals surface area contributed by atoms with E-state index in [1.807, 2.05) is 0 Å². The summed E-state index contributed by atoms with van der Waals surface area (Å²) in [6.45, 7) is 0. The molecular weight excluding hydrogens is 354 g/mol. The molecule has 10 heteroatoms. The summed E-state index contributed by atoms with van der Waals surface area (Å²) in [5.74, 6) is 5.00. The summed E-state index contributed by atoms with van der Waals surface area (Å²) in [7, 11) is 6.10. The Labute approximate surface area is 154 Å². The third kappa shape index (κ3) is 4.21. The number of rotatable bonds is 4. The highest BCUT2D eigenvalue weighted by Crippen LogP contribution is 2.27. The summed E-state index contributed by atoms with van der Waals surface area (Å²) in [6, 6.07) is 4.90. The van der Waals surface area contributed by atoms with Gasteiger partial charge in [-0.25, -0.2) is 4.79 Å². The van der Waals surface area contributed by atoms with Gasteiger partial charge in [0.05, 0.1) is 14.2 Å². The molecule has 0 fully saturated rings. The lowest BCUT2D eigenvalue weighted by molar-refractivity contribution is -0.111. The van der Waals surface area contributed by atoms with Crippen LogP contribution in [0.25, 0.3) is 0 Å². The molecule has 1 aromatic heterocycles. The second-order valence-electron chi connectivity index (χ2n) is 5.45. The molecule has 2 rings (SSSR count). The van der Waals surface area contributed by atoms with E-state index in [2.05, 4.69) is 22.1 Å². The van der Waals surface area contributed by atoms with E-state index < -0.39 is 17.2 Å². The number of aromatic nitrogens is 2. The average molecular weight is 373 g/mol. The lowest BCUT2D eigenvalue weighted by atomic mass is 10.2. The number of hydrogen-bond donors (Lipinski definition) is 3. The molecule has 27 heavy (non-hydrogen) atoms. The van der Waals surface area contributed by atoms with Gasteiger partial charge in [-0.05, 0) is 18.2 Å². The first-order chi connectivity index (χ1) is 12.8. The minimum absolute atomic E-state index is 0.213. The van der Waals surface area contributed by atoms with E-state index in [1.54, 1.807) is 32.3 Å². The third-order valence-corrected chi connectivity index (χ3v) is 3.47. The first-order valence-electron chi connectivity index (χ1n) is 7.66. The number of amides is 1. The predicted octanol–water partition coefficient (Wildman–Crippen LogP) is -0.676. The number of ether oxygens (including phenoxy) is 2. The molecular formula is C17H19N5O5. The molecule has 0 unspecified atom stereocenters. The molecule has 1 heterocycles. The molecule has 0 aliphatic rings. The van der Waals surface area contributed by atoms with Crippen LogP contribution in [0.4, 0.5) is 11.5 Å². The van der Waals surface area contributed by atoms with Crippen molar-refractivity contribution >= 4 is 17.4 Å². The van der Waals surface area contributed by atoms with Gasteiger partial charge in [-0.15, -0.1) is 0 Å². The zero-order valence-electron chi connectivity index (χ0n) is 15.2. The number of methoxy groups -OCH3 is 2. The summed E-state index contributed by atoms with van der Waals surface area (Å²) in [5, 5.41) is 3.66.